The highest BCUT2D eigenvalue weighted by Crippen LogP contribution is 2.33. The van der Waals surface area contributed by atoms with Gasteiger partial charge in [0, 0.05) is 49.1 Å². The highest BCUT2D eigenvalue weighted by atomic mass is 35.5. The second-order valence-corrected chi connectivity index (χ2v) is 9.31. The predicted molar refractivity (Wildman–Crippen MR) is 141 cm³/mol. The Bertz CT molecular complexity index is 1600. The molecule has 0 aliphatic rings. The highest BCUT2D eigenvalue weighted by Gasteiger charge is 2.20. The Hall–Kier alpha value is -4.11. The van der Waals surface area contributed by atoms with E-state index in [9.17, 15) is 4.79 Å². The Labute approximate surface area is 213 Å². The van der Waals surface area contributed by atoms with Gasteiger partial charge in [-0.2, -0.15) is 5.10 Å². The number of carbonyl (C=O) groups excluding carboxylic acids is 1. The molecule has 0 radical (unpaired) electrons. The van der Waals surface area contributed by atoms with Crippen LogP contribution in [-0.4, -0.2) is 41.1 Å². The number of benzene rings is 1. The summed E-state index contributed by atoms with van der Waals surface area (Å²) in [6.07, 6.45) is 6.38. The van der Waals surface area contributed by atoms with Crippen LogP contribution in [0.3, 0.4) is 0 Å². The molecule has 10 heteroatoms. The first kappa shape index (κ1) is 23.6. The molecule has 4 aromatic heterocycles. The SMILES string of the molecule is Cc1ncc(-c2ccc(Nc3cc4c(cn3)cc(-c3cnn(C)c3)n4C(=O)OC(C)C)c(Cl)c2)n1C. The van der Waals surface area contributed by atoms with Crippen LogP contribution in [0.25, 0.3) is 33.4 Å². The monoisotopic (exact) mass is 503 g/mol. The average molecular weight is 504 g/mol. The van der Waals surface area contributed by atoms with E-state index in [2.05, 4.69) is 20.4 Å². The largest absolute Gasteiger partial charge is 0.446 e. The van der Waals surface area contributed by atoms with Gasteiger partial charge in [-0.1, -0.05) is 17.7 Å². The Morgan fingerprint density at radius 2 is 1.83 bits per heavy atom. The summed E-state index contributed by atoms with van der Waals surface area (Å²) in [6.45, 7) is 5.59. The lowest BCUT2D eigenvalue weighted by molar-refractivity contribution is 0.118. The van der Waals surface area contributed by atoms with Crippen molar-refractivity contribution in [2.75, 3.05) is 5.32 Å². The van der Waals surface area contributed by atoms with Gasteiger partial charge in [0.15, 0.2) is 0 Å². The van der Waals surface area contributed by atoms with Crippen molar-refractivity contribution in [3.05, 3.63) is 66.0 Å². The van der Waals surface area contributed by atoms with E-state index in [1.54, 1.807) is 21.6 Å². The van der Waals surface area contributed by atoms with Crippen LogP contribution in [0.4, 0.5) is 16.3 Å². The summed E-state index contributed by atoms with van der Waals surface area (Å²) >= 11 is 6.62. The van der Waals surface area contributed by atoms with E-state index < -0.39 is 6.09 Å². The quantitative estimate of drug-likeness (QED) is 0.319. The average Bonchev–Trinajstić information content (AvgIpc) is 3.51. The number of aryl methyl sites for hydroxylation is 2. The Kier molecular flexibility index (Phi) is 6.01. The van der Waals surface area contributed by atoms with Gasteiger partial charge >= 0.3 is 6.09 Å². The first-order chi connectivity index (χ1) is 17.2. The molecule has 0 amide bonds. The molecule has 36 heavy (non-hydrogen) atoms. The lowest BCUT2D eigenvalue weighted by atomic mass is 10.1. The zero-order chi connectivity index (χ0) is 25.6. The number of pyridine rings is 1. The van der Waals surface area contributed by atoms with E-state index in [1.165, 1.54) is 0 Å². The number of hydrogen-bond donors (Lipinski definition) is 1. The fourth-order valence-electron chi connectivity index (χ4n) is 4.07. The zero-order valence-electron chi connectivity index (χ0n) is 20.7. The normalized spacial score (nSPS) is 11.4. The van der Waals surface area contributed by atoms with Crippen molar-refractivity contribution in [1.82, 2.24) is 28.9 Å². The van der Waals surface area contributed by atoms with Crippen molar-refractivity contribution in [1.29, 1.82) is 0 Å². The van der Waals surface area contributed by atoms with Gasteiger partial charge in [-0.3, -0.25) is 4.68 Å². The van der Waals surface area contributed by atoms with Gasteiger partial charge in [0.05, 0.1) is 46.1 Å². The number of imidazole rings is 1. The van der Waals surface area contributed by atoms with Crippen LogP contribution in [0.15, 0.2) is 55.1 Å². The molecule has 1 N–H and O–H groups in total. The van der Waals surface area contributed by atoms with Gasteiger partial charge in [0.25, 0.3) is 0 Å². The molecular weight excluding hydrogens is 478 g/mol. The highest BCUT2D eigenvalue weighted by molar-refractivity contribution is 6.33. The molecular formula is C26H26ClN7O2. The molecule has 0 spiro atoms. The third-order valence-electron chi connectivity index (χ3n) is 5.95. The van der Waals surface area contributed by atoms with E-state index in [1.807, 2.05) is 82.2 Å². The molecule has 0 atom stereocenters. The fraction of sp³-hybridized carbons (Fsp3) is 0.231. The Balaban J connectivity index is 1.53. The molecule has 0 unspecified atom stereocenters. The summed E-state index contributed by atoms with van der Waals surface area (Å²) in [7, 11) is 3.80. The molecule has 0 fully saturated rings. The van der Waals surface area contributed by atoms with E-state index in [0.29, 0.717) is 27.7 Å². The van der Waals surface area contributed by atoms with Crippen molar-refractivity contribution in [3.63, 3.8) is 0 Å². The topological polar surface area (TPSA) is 91.8 Å². The van der Waals surface area contributed by atoms with Crippen LogP contribution in [-0.2, 0) is 18.8 Å². The van der Waals surface area contributed by atoms with E-state index in [-0.39, 0.29) is 6.10 Å². The van der Waals surface area contributed by atoms with E-state index in [4.69, 9.17) is 16.3 Å². The summed E-state index contributed by atoms with van der Waals surface area (Å²) in [5, 5.41) is 8.86. The summed E-state index contributed by atoms with van der Waals surface area (Å²) in [4.78, 5) is 22.0. The summed E-state index contributed by atoms with van der Waals surface area (Å²) in [5.74, 6) is 1.47. The number of hydrogen-bond acceptors (Lipinski definition) is 6. The van der Waals surface area contributed by atoms with Crippen LogP contribution >= 0.6 is 11.6 Å². The van der Waals surface area contributed by atoms with Crippen molar-refractivity contribution < 1.29 is 9.53 Å². The first-order valence-corrected chi connectivity index (χ1v) is 11.9. The summed E-state index contributed by atoms with van der Waals surface area (Å²) in [5.41, 5.74) is 4.77. The van der Waals surface area contributed by atoms with Crippen LogP contribution < -0.4 is 5.32 Å². The number of ether oxygens (including phenoxy) is 1. The number of nitrogens with one attached hydrogen (secondary N) is 1. The molecule has 0 aliphatic heterocycles. The number of aromatic nitrogens is 6. The van der Waals surface area contributed by atoms with Crippen LogP contribution in [0.1, 0.15) is 19.7 Å². The molecule has 4 heterocycles. The molecule has 9 nitrogen and oxygen atoms in total. The Morgan fingerprint density at radius 3 is 2.47 bits per heavy atom. The number of anilines is 2. The molecule has 0 bridgehead atoms. The molecule has 0 saturated carbocycles. The van der Waals surface area contributed by atoms with Gasteiger partial charge in [0.2, 0.25) is 0 Å². The first-order valence-electron chi connectivity index (χ1n) is 11.5. The Morgan fingerprint density at radius 1 is 1.03 bits per heavy atom. The van der Waals surface area contributed by atoms with Crippen LogP contribution in [0.2, 0.25) is 5.02 Å². The van der Waals surface area contributed by atoms with E-state index in [0.717, 1.165) is 28.0 Å². The molecule has 5 aromatic rings. The van der Waals surface area contributed by atoms with Crippen molar-refractivity contribution in [2.45, 2.75) is 26.9 Å². The maximum atomic E-state index is 13.1. The maximum absolute atomic E-state index is 13.1. The van der Waals surface area contributed by atoms with Crippen LogP contribution in [0.5, 0.6) is 0 Å². The predicted octanol–water partition coefficient (Wildman–Crippen LogP) is 5.94. The minimum absolute atomic E-state index is 0.267. The number of fused-ring (bicyclic) bond motifs is 1. The summed E-state index contributed by atoms with van der Waals surface area (Å²) < 4.78 is 10.8. The van der Waals surface area contributed by atoms with Crippen molar-refractivity contribution in [2.24, 2.45) is 14.1 Å². The smallest absolute Gasteiger partial charge is 0.419 e. The van der Waals surface area contributed by atoms with Crippen LogP contribution in [0, 0.1) is 6.92 Å². The van der Waals surface area contributed by atoms with Gasteiger partial charge < -0.3 is 14.6 Å². The molecule has 0 aliphatic carbocycles. The van der Waals surface area contributed by atoms with Gasteiger partial charge in [-0.15, -0.1) is 0 Å². The number of nitrogens with zero attached hydrogens (tertiary/aromatic N) is 6. The van der Waals surface area contributed by atoms with E-state index >= 15 is 0 Å². The second-order valence-electron chi connectivity index (χ2n) is 8.90. The second kappa shape index (κ2) is 9.16. The van der Waals surface area contributed by atoms with Gasteiger partial charge in [-0.25, -0.2) is 19.3 Å². The van der Waals surface area contributed by atoms with Crippen molar-refractivity contribution in [3.8, 4) is 22.5 Å². The fourth-order valence-corrected chi connectivity index (χ4v) is 4.30. The molecule has 0 saturated heterocycles. The third-order valence-corrected chi connectivity index (χ3v) is 6.27. The number of rotatable bonds is 5. The van der Waals surface area contributed by atoms with Crippen molar-refractivity contribution >= 4 is 40.1 Å². The zero-order valence-corrected chi connectivity index (χ0v) is 21.4. The third kappa shape index (κ3) is 4.33. The molecule has 1 aromatic carbocycles. The summed E-state index contributed by atoms with van der Waals surface area (Å²) in [6, 6.07) is 9.49. The lowest BCUT2D eigenvalue weighted by Crippen LogP contribution is -2.18. The number of carbonyl (C=O) groups is 1. The molecule has 184 valence electrons. The maximum Gasteiger partial charge on any atom is 0.419 e. The van der Waals surface area contributed by atoms with Gasteiger partial charge in [-0.05, 0) is 39.0 Å². The molecule has 5 rings (SSSR count). The minimum atomic E-state index is -0.468. The lowest BCUT2D eigenvalue weighted by Gasteiger charge is -2.13. The number of halogens is 1. The van der Waals surface area contributed by atoms with Gasteiger partial charge in [0.1, 0.15) is 11.6 Å². The standard InChI is InChI=1S/C26H26ClN7O2/c1-15(2)36-26(35)34-22(19-12-30-32(4)14-19)9-18-11-29-25(10-23(18)34)31-21-7-6-17(8-20(21)27)24-13-28-16(3)33(24)5/h6-15H,1-5H3,(H,29,31). The minimum Gasteiger partial charge on any atom is -0.446 e.